The second-order valence-electron chi connectivity index (χ2n) is 3.67. The normalized spacial score (nSPS) is 10.1. The van der Waals surface area contributed by atoms with Crippen LogP contribution in [0.5, 0.6) is 0 Å². The number of rotatable bonds is 5. The fourth-order valence-corrected chi connectivity index (χ4v) is 1.60. The first-order valence-electron chi connectivity index (χ1n) is 5.69. The first kappa shape index (κ1) is 12.1. The quantitative estimate of drug-likeness (QED) is 0.815. The first-order chi connectivity index (χ1) is 8.81. The largest absolute Gasteiger partial charge is 0.372 e. The Labute approximate surface area is 105 Å². The lowest BCUT2D eigenvalue weighted by molar-refractivity contribution is 0.0952. The molecule has 0 unspecified atom stereocenters. The Bertz CT molecular complexity index is 509. The summed E-state index contributed by atoms with van der Waals surface area (Å²) >= 11 is 0. The third kappa shape index (κ3) is 2.85. The van der Waals surface area contributed by atoms with Crippen molar-refractivity contribution in [3.8, 4) is 0 Å². The Morgan fingerprint density at radius 2 is 2.28 bits per heavy atom. The van der Waals surface area contributed by atoms with Crippen molar-refractivity contribution < 1.29 is 4.79 Å². The lowest BCUT2D eigenvalue weighted by Crippen LogP contribution is -2.28. The van der Waals surface area contributed by atoms with Crippen molar-refractivity contribution in [1.82, 2.24) is 20.1 Å². The Morgan fingerprint density at radius 1 is 1.39 bits per heavy atom. The molecule has 2 N–H and O–H groups in total. The third-order valence-electron chi connectivity index (χ3n) is 2.47. The SMILES string of the molecule is CNc1ncccc1C(=O)NCCn1cccn1. The monoisotopic (exact) mass is 245 g/mol. The van der Waals surface area contributed by atoms with Gasteiger partial charge < -0.3 is 10.6 Å². The Kier molecular flexibility index (Phi) is 3.90. The zero-order chi connectivity index (χ0) is 12.8. The van der Waals surface area contributed by atoms with Gasteiger partial charge in [-0.05, 0) is 18.2 Å². The molecular weight excluding hydrogens is 230 g/mol. The van der Waals surface area contributed by atoms with Crippen LogP contribution < -0.4 is 10.6 Å². The van der Waals surface area contributed by atoms with Crippen LogP contribution in [0, 0.1) is 0 Å². The highest BCUT2D eigenvalue weighted by Gasteiger charge is 2.10. The second kappa shape index (κ2) is 5.81. The molecule has 0 aromatic carbocycles. The third-order valence-corrected chi connectivity index (χ3v) is 2.47. The summed E-state index contributed by atoms with van der Waals surface area (Å²) in [5, 5.41) is 9.78. The average Bonchev–Trinajstić information content (AvgIpc) is 2.91. The molecular formula is C12H15N5O. The number of anilines is 1. The van der Waals surface area contributed by atoms with Gasteiger partial charge in [0.2, 0.25) is 0 Å². The van der Waals surface area contributed by atoms with Crippen LogP contribution in [-0.4, -0.2) is 34.3 Å². The summed E-state index contributed by atoms with van der Waals surface area (Å²) < 4.78 is 1.77. The number of carbonyl (C=O) groups excluding carboxylic acids is 1. The summed E-state index contributed by atoms with van der Waals surface area (Å²) in [5.41, 5.74) is 0.542. The fourth-order valence-electron chi connectivity index (χ4n) is 1.60. The van der Waals surface area contributed by atoms with Crippen molar-refractivity contribution in [3.63, 3.8) is 0 Å². The lowest BCUT2D eigenvalue weighted by Gasteiger charge is -2.08. The van der Waals surface area contributed by atoms with Crippen LogP contribution in [0.3, 0.4) is 0 Å². The summed E-state index contributed by atoms with van der Waals surface area (Å²) in [6.07, 6.45) is 5.21. The van der Waals surface area contributed by atoms with E-state index in [1.165, 1.54) is 0 Å². The summed E-state index contributed by atoms with van der Waals surface area (Å²) in [4.78, 5) is 16.0. The van der Waals surface area contributed by atoms with Gasteiger partial charge in [-0.15, -0.1) is 0 Å². The van der Waals surface area contributed by atoms with E-state index in [4.69, 9.17) is 0 Å². The highest BCUT2D eigenvalue weighted by atomic mass is 16.1. The number of aromatic nitrogens is 3. The van der Waals surface area contributed by atoms with Crippen molar-refractivity contribution in [3.05, 3.63) is 42.4 Å². The number of nitrogens with zero attached hydrogens (tertiary/aromatic N) is 3. The molecule has 0 saturated carbocycles. The maximum atomic E-state index is 11.9. The molecule has 0 saturated heterocycles. The van der Waals surface area contributed by atoms with E-state index in [9.17, 15) is 4.79 Å². The van der Waals surface area contributed by atoms with E-state index < -0.39 is 0 Å². The number of hydrogen-bond donors (Lipinski definition) is 2. The van der Waals surface area contributed by atoms with E-state index in [1.807, 2.05) is 12.3 Å². The van der Waals surface area contributed by atoms with E-state index in [2.05, 4.69) is 20.7 Å². The lowest BCUT2D eigenvalue weighted by atomic mass is 10.2. The van der Waals surface area contributed by atoms with Gasteiger partial charge in [0.15, 0.2) is 0 Å². The summed E-state index contributed by atoms with van der Waals surface area (Å²) in [5.74, 6) is 0.439. The molecule has 0 aliphatic heterocycles. The average molecular weight is 245 g/mol. The predicted octanol–water partition coefficient (Wildman–Crippen LogP) is 0.750. The van der Waals surface area contributed by atoms with Crippen LogP contribution in [0.25, 0.3) is 0 Å². The minimum atomic E-state index is -0.139. The van der Waals surface area contributed by atoms with Gasteiger partial charge >= 0.3 is 0 Å². The molecule has 6 nitrogen and oxygen atoms in total. The Hall–Kier alpha value is -2.37. The summed E-state index contributed by atoms with van der Waals surface area (Å²) in [6, 6.07) is 5.33. The second-order valence-corrected chi connectivity index (χ2v) is 3.67. The van der Waals surface area contributed by atoms with Gasteiger partial charge in [0, 0.05) is 32.2 Å². The standard InChI is InChI=1S/C12H15N5O/c1-13-11-10(4-2-5-14-11)12(18)15-7-9-17-8-3-6-16-17/h2-6,8H,7,9H2,1H3,(H,13,14)(H,15,18). The van der Waals surface area contributed by atoms with E-state index >= 15 is 0 Å². The minimum Gasteiger partial charge on any atom is -0.372 e. The van der Waals surface area contributed by atoms with Gasteiger partial charge in [-0.1, -0.05) is 0 Å². The number of amides is 1. The highest BCUT2D eigenvalue weighted by molar-refractivity contribution is 5.98. The molecule has 0 aliphatic carbocycles. The number of pyridine rings is 1. The van der Waals surface area contributed by atoms with Crippen molar-refractivity contribution in [2.45, 2.75) is 6.54 Å². The van der Waals surface area contributed by atoms with Gasteiger partial charge in [0.25, 0.3) is 5.91 Å². The maximum Gasteiger partial charge on any atom is 0.255 e. The molecule has 2 aromatic rings. The van der Waals surface area contributed by atoms with E-state index in [0.717, 1.165) is 0 Å². The Morgan fingerprint density at radius 3 is 3.00 bits per heavy atom. The van der Waals surface area contributed by atoms with Crippen molar-refractivity contribution in [2.24, 2.45) is 0 Å². The topological polar surface area (TPSA) is 71.8 Å². The Balaban J connectivity index is 1.91. The molecule has 2 rings (SSSR count). The molecule has 1 amide bonds. The van der Waals surface area contributed by atoms with Gasteiger partial charge in [0.05, 0.1) is 12.1 Å². The first-order valence-corrected chi connectivity index (χ1v) is 5.69. The fraction of sp³-hybridized carbons (Fsp3) is 0.250. The van der Waals surface area contributed by atoms with E-state index in [-0.39, 0.29) is 5.91 Å². The zero-order valence-electron chi connectivity index (χ0n) is 10.1. The predicted molar refractivity (Wildman–Crippen MR) is 68.3 cm³/mol. The van der Waals surface area contributed by atoms with Gasteiger partial charge in [-0.2, -0.15) is 5.10 Å². The molecule has 0 radical (unpaired) electrons. The van der Waals surface area contributed by atoms with Gasteiger partial charge in [-0.3, -0.25) is 9.48 Å². The number of carbonyl (C=O) groups is 1. The molecule has 0 fully saturated rings. The van der Waals surface area contributed by atoms with Gasteiger partial charge in [0.1, 0.15) is 5.82 Å². The highest BCUT2D eigenvalue weighted by Crippen LogP contribution is 2.09. The molecule has 94 valence electrons. The molecule has 0 aliphatic rings. The van der Waals surface area contributed by atoms with Crippen LogP contribution >= 0.6 is 0 Å². The van der Waals surface area contributed by atoms with Crippen molar-refractivity contribution in [1.29, 1.82) is 0 Å². The smallest absolute Gasteiger partial charge is 0.255 e. The van der Waals surface area contributed by atoms with Crippen LogP contribution in [-0.2, 0) is 6.54 Å². The number of hydrogen-bond acceptors (Lipinski definition) is 4. The molecule has 18 heavy (non-hydrogen) atoms. The van der Waals surface area contributed by atoms with Crippen LogP contribution in [0.4, 0.5) is 5.82 Å². The molecule has 0 atom stereocenters. The molecule has 6 heteroatoms. The summed E-state index contributed by atoms with van der Waals surface area (Å²) in [6.45, 7) is 1.17. The van der Waals surface area contributed by atoms with Crippen LogP contribution in [0.1, 0.15) is 10.4 Å². The summed E-state index contributed by atoms with van der Waals surface area (Å²) in [7, 11) is 1.74. The molecule has 0 spiro atoms. The van der Waals surface area contributed by atoms with Crippen LogP contribution in [0.15, 0.2) is 36.8 Å². The molecule has 2 heterocycles. The minimum absolute atomic E-state index is 0.139. The number of nitrogens with one attached hydrogen (secondary N) is 2. The molecule has 2 aromatic heterocycles. The van der Waals surface area contributed by atoms with Crippen molar-refractivity contribution >= 4 is 11.7 Å². The zero-order valence-corrected chi connectivity index (χ0v) is 10.1. The van der Waals surface area contributed by atoms with E-state index in [1.54, 1.807) is 36.3 Å². The van der Waals surface area contributed by atoms with E-state index in [0.29, 0.717) is 24.5 Å². The van der Waals surface area contributed by atoms with Crippen molar-refractivity contribution in [2.75, 3.05) is 18.9 Å². The maximum absolute atomic E-state index is 11.9. The van der Waals surface area contributed by atoms with Gasteiger partial charge in [-0.25, -0.2) is 4.98 Å². The molecule has 0 bridgehead atoms. The van der Waals surface area contributed by atoms with Crippen LogP contribution in [0.2, 0.25) is 0 Å².